The lowest BCUT2D eigenvalue weighted by atomic mass is 10.1. The first-order valence-electron chi connectivity index (χ1n) is 5.69. The van der Waals surface area contributed by atoms with E-state index in [1.807, 2.05) is 44.2 Å². The van der Waals surface area contributed by atoms with Crippen molar-refractivity contribution in [1.82, 2.24) is 0 Å². The summed E-state index contributed by atoms with van der Waals surface area (Å²) in [5.41, 5.74) is 0. The molecule has 1 aromatic carbocycles. The molecule has 0 fully saturated rings. The smallest absolute Gasteiger partial charge is 0.194 e. The molecule has 0 aliphatic rings. The number of hydrogen-bond acceptors (Lipinski definition) is 4. The van der Waals surface area contributed by atoms with Crippen LogP contribution in [-0.4, -0.2) is 24.4 Å². The van der Waals surface area contributed by atoms with Crippen LogP contribution in [0.15, 0.2) is 30.3 Å². The lowest BCUT2D eigenvalue weighted by Gasteiger charge is -2.06. The third-order valence-corrected chi connectivity index (χ3v) is 1.78. The zero-order valence-corrected chi connectivity index (χ0v) is 11.0. The normalized spacial score (nSPS) is 9.33. The van der Waals surface area contributed by atoms with Crippen molar-refractivity contribution in [3.8, 4) is 5.75 Å². The van der Waals surface area contributed by atoms with Crippen LogP contribution in [0.2, 0.25) is 0 Å². The van der Waals surface area contributed by atoms with Gasteiger partial charge in [0.1, 0.15) is 12.4 Å². The molecule has 0 saturated heterocycles. The number of carbonyl (C=O) groups excluding carboxylic acids is 1. The van der Waals surface area contributed by atoms with Gasteiger partial charge >= 0.3 is 0 Å². The highest BCUT2D eigenvalue weighted by atomic mass is 16.6. The molecular weight excluding hydrogens is 234 g/mol. The summed E-state index contributed by atoms with van der Waals surface area (Å²) >= 11 is 0. The predicted molar refractivity (Wildman–Crippen MR) is 69.3 cm³/mol. The number of benzene rings is 1. The van der Waals surface area contributed by atoms with Gasteiger partial charge in [-0.15, -0.1) is 0 Å². The van der Waals surface area contributed by atoms with Crippen molar-refractivity contribution in [2.75, 3.05) is 13.7 Å². The van der Waals surface area contributed by atoms with Crippen LogP contribution in [0, 0.1) is 16.0 Å². The SMILES string of the molecule is CC(C)CC(=O)COc1ccccc1.C[N+](=O)[O-]. The van der Waals surface area contributed by atoms with E-state index in [0.717, 1.165) is 12.8 Å². The molecule has 1 rings (SSSR count). The van der Waals surface area contributed by atoms with Gasteiger partial charge in [-0.2, -0.15) is 0 Å². The molecule has 5 nitrogen and oxygen atoms in total. The number of ether oxygens (including phenoxy) is 1. The number of carbonyl (C=O) groups is 1. The van der Waals surface area contributed by atoms with Gasteiger partial charge in [0, 0.05) is 11.3 Å². The van der Waals surface area contributed by atoms with E-state index in [0.29, 0.717) is 12.3 Å². The summed E-state index contributed by atoms with van der Waals surface area (Å²) in [6.07, 6.45) is 0.590. The molecule has 0 aliphatic carbocycles. The average molecular weight is 253 g/mol. The minimum Gasteiger partial charge on any atom is -0.486 e. The topological polar surface area (TPSA) is 69.4 Å². The Morgan fingerprint density at radius 2 is 1.83 bits per heavy atom. The number of nitro groups is 1. The van der Waals surface area contributed by atoms with E-state index in [4.69, 9.17) is 14.9 Å². The molecule has 0 heterocycles. The Labute approximate surface area is 107 Å². The first-order chi connectivity index (χ1) is 8.41. The van der Waals surface area contributed by atoms with Gasteiger partial charge in [0.15, 0.2) is 12.8 Å². The molecule has 18 heavy (non-hydrogen) atoms. The number of para-hydroxylation sites is 1. The molecule has 100 valence electrons. The van der Waals surface area contributed by atoms with Gasteiger partial charge in [-0.05, 0) is 18.1 Å². The van der Waals surface area contributed by atoms with Gasteiger partial charge in [-0.3, -0.25) is 14.9 Å². The number of Topliss-reactive ketones (excluding diaryl/α,β-unsaturated/α-hetero) is 1. The van der Waals surface area contributed by atoms with E-state index in [-0.39, 0.29) is 12.4 Å². The molecule has 1 aromatic rings. The molecule has 0 N–H and O–H groups in total. The number of hydrogen-bond donors (Lipinski definition) is 0. The Balaban J connectivity index is 0.000000631. The fourth-order valence-corrected chi connectivity index (χ4v) is 1.19. The van der Waals surface area contributed by atoms with Crippen molar-refractivity contribution in [3.05, 3.63) is 40.4 Å². The van der Waals surface area contributed by atoms with E-state index in [1.165, 1.54) is 0 Å². The van der Waals surface area contributed by atoms with E-state index in [1.54, 1.807) is 0 Å². The van der Waals surface area contributed by atoms with Crippen LogP contribution < -0.4 is 4.74 Å². The maximum absolute atomic E-state index is 11.3. The minimum absolute atomic E-state index is 0.156. The van der Waals surface area contributed by atoms with Crippen molar-refractivity contribution in [2.45, 2.75) is 20.3 Å². The number of nitrogens with zero attached hydrogens (tertiary/aromatic N) is 1. The summed E-state index contributed by atoms with van der Waals surface area (Å²) in [5, 5.41) is 8.81. The maximum atomic E-state index is 11.3. The van der Waals surface area contributed by atoms with Crippen LogP contribution in [-0.2, 0) is 4.79 Å². The summed E-state index contributed by atoms with van der Waals surface area (Å²) in [7, 11) is 0.889. The molecule has 5 heteroatoms. The van der Waals surface area contributed by atoms with E-state index in [2.05, 4.69) is 0 Å². The molecule has 0 saturated carbocycles. The standard InChI is InChI=1S/C12H16O2.CH3NO2/c1-10(2)8-11(13)9-14-12-6-4-3-5-7-12;1-2(3)4/h3-7,10H,8-9H2,1-2H3;1H3. The van der Waals surface area contributed by atoms with Crippen molar-refractivity contribution < 1.29 is 14.5 Å². The highest BCUT2D eigenvalue weighted by Gasteiger charge is 2.05. The van der Waals surface area contributed by atoms with Gasteiger partial charge in [0.2, 0.25) is 0 Å². The molecular formula is C13H19NO4. The summed E-state index contributed by atoms with van der Waals surface area (Å²) in [6.45, 7) is 4.24. The van der Waals surface area contributed by atoms with Crippen LogP contribution in [0.4, 0.5) is 0 Å². The Bertz CT molecular complexity index is 359. The quantitative estimate of drug-likeness (QED) is 0.597. The van der Waals surface area contributed by atoms with Crippen LogP contribution >= 0.6 is 0 Å². The second-order valence-electron chi connectivity index (χ2n) is 4.18. The third kappa shape index (κ3) is 10.6. The Kier molecular flexibility index (Phi) is 8.18. The zero-order chi connectivity index (χ0) is 14.0. The maximum Gasteiger partial charge on any atom is 0.194 e. The Morgan fingerprint density at radius 1 is 1.33 bits per heavy atom. The van der Waals surface area contributed by atoms with Crippen LogP contribution in [0.1, 0.15) is 20.3 Å². The van der Waals surface area contributed by atoms with Gasteiger partial charge in [-0.1, -0.05) is 32.0 Å². The molecule has 0 amide bonds. The van der Waals surface area contributed by atoms with E-state index < -0.39 is 4.92 Å². The molecule has 0 atom stereocenters. The van der Waals surface area contributed by atoms with Gasteiger partial charge < -0.3 is 4.74 Å². The monoisotopic (exact) mass is 253 g/mol. The first kappa shape index (κ1) is 16.1. The van der Waals surface area contributed by atoms with Crippen molar-refractivity contribution in [1.29, 1.82) is 0 Å². The molecule has 0 unspecified atom stereocenters. The Morgan fingerprint density at radius 3 is 2.28 bits per heavy atom. The summed E-state index contributed by atoms with van der Waals surface area (Å²) in [6, 6.07) is 9.40. The second kappa shape index (κ2) is 9.15. The molecule has 0 aromatic heterocycles. The zero-order valence-electron chi connectivity index (χ0n) is 11.0. The molecule has 0 spiro atoms. The van der Waals surface area contributed by atoms with E-state index >= 15 is 0 Å². The second-order valence-corrected chi connectivity index (χ2v) is 4.18. The number of ketones is 1. The highest BCUT2D eigenvalue weighted by molar-refractivity contribution is 5.80. The molecule has 0 radical (unpaired) electrons. The van der Waals surface area contributed by atoms with Gasteiger partial charge in [0.25, 0.3) is 0 Å². The lowest BCUT2D eigenvalue weighted by Crippen LogP contribution is -2.13. The van der Waals surface area contributed by atoms with Crippen molar-refractivity contribution in [2.24, 2.45) is 5.92 Å². The predicted octanol–water partition coefficient (Wildman–Crippen LogP) is 2.57. The minimum atomic E-state index is -0.500. The van der Waals surface area contributed by atoms with Crippen LogP contribution in [0.25, 0.3) is 0 Å². The largest absolute Gasteiger partial charge is 0.486 e. The summed E-state index contributed by atoms with van der Waals surface area (Å²) < 4.78 is 5.32. The van der Waals surface area contributed by atoms with Crippen LogP contribution in [0.3, 0.4) is 0 Å². The van der Waals surface area contributed by atoms with Gasteiger partial charge in [-0.25, -0.2) is 0 Å². The number of rotatable bonds is 5. The summed E-state index contributed by atoms with van der Waals surface area (Å²) in [5.74, 6) is 1.32. The Hall–Kier alpha value is -1.91. The highest BCUT2D eigenvalue weighted by Crippen LogP contribution is 2.09. The first-order valence-corrected chi connectivity index (χ1v) is 5.69. The fraction of sp³-hybridized carbons (Fsp3) is 0.462. The third-order valence-electron chi connectivity index (χ3n) is 1.78. The average Bonchev–Trinajstić information content (AvgIpc) is 2.26. The fourth-order valence-electron chi connectivity index (χ4n) is 1.19. The van der Waals surface area contributed by atoms with Crippen molar-refractivity contribution in [3.63, 3.8) is 0 Å². The lowest BCUT2D eigenvalue weighted by molar-refractivity contribution is -0.445. The summed E-state index contributed by atoms with van der Waals surface area (Å²) in [4.78, 5) is 19.6. The molecule has 0 bridgehead atoms. The van der Waals surface area contributed by atoms with Crippen LogP contribution in [0.5, 0.6) is 5.75 Å². The van der Waals surface area contributed by atoms with E-state index in [9.17, 15) is 4.79 Å². The van der Waals surface area contributed by atoms with Gasteiger partial charge in [0.05, 0.1) is 0 Å². The molecule has 0 aliphatic heterocycles. The van der Waals surface area contributed by atoms with Crippen molar-refractivity contribution >= 4 is 5.78 Å².